The maximum Gasteiger partial charge on any atom is 0.265 e. The van der Waals surface area contributed by atoms with E-state index in [0.29, 0.717) is 17.8 Å². The topological polar surface area (TPSA) is 70.9 Å². The van der Waals surface area contributed by atoms with Crippen LogP contribution in [-0.4, -0.2) is 19.6 Å². The van der Waals surface area contributed by atoms with Gasteiger partial charge >= 0.3 is 0 Å². The third kappa shape index (κ3) is 2.48. The van der Waals surface area contributed by atoms with Crippen LogP contribution in [0.4, 0.5) is 0 Å². The molecule has 0 saturated carbocycles. The van der Waals surface area contributed by atoms with E-state index in [1.807, 2.05) is 48.5 Å². The van der Waals surface area contributed by atoms with Crippen molar-refractivity contribution in [3.05, 3.63) is 58.9 Å². The summed E-state index contributed by atoms with van der Waals surface area (Å²) in [5, 5.41) is 11.4. The fourth-order valence-corrected chi connectivity index (χ4v) is 3.21. The van der Waals surface area contributed by atoms with Crippen LogP contribution >= 0.6 is 0 Å². The van der Waals surface area contributed by atoms with Gasteiger partial charge in [0, 0.05) is 11.9 Å². The molecule has 126 valence electrons. The first kappa shape index (κ1) is 15.4. The maximum absolute atomic E-state index is 13.1. The van der Waals surface area contributed by atoms with Gasteiger partial charge in [-0.05, 0) is 30.7 Å². The molecule has 2 aromatic carbocycles. The first-order valence-electron chi connectivity index (χ1n) is 8.50. The Kier molecular flexibility index (Phi) is 3.76. The number of unbranched alkanes of at least 4 members (excludes halogenated alkanes) is 1. The molecule has 4 aromatic rings. The standard InChI is InChI=1S/C20H19N3O2/c1-2-3-12-23-16-11-7-4-8-13(16)18(24)17(20(23)25)19-21-14-9-5-6-10-15(14)22-19/h4-11,24H,2-3,12H2,1H3,(H,21,22). The van der Waals surface area contributed by atoms with Crippen molar-refractivity contribution in [1.29, 1.82) is 0 Å². The highest BCUT2D eigenvalue weighted by Gasteiger charge is 2.20. The Bertz CT molecular complexity index is 1090. The minimum absolute atomic E-state index is 0.0209. The summed E-state index contributed by atoms with van der Waals surface area (Å²) < 4.78 is 1.74. The molecule has 5 nitrogen and oxygen atoms in total. The molecule has 0 aliphatic heterocycles. The zero-order valence-electron chi connectivity index (χ0n) is 14.0. The van der Waals surface area contributed by atoms with E-state index in [2.05, 4.69) is 16.9 Å². The monoisotopic (exact) mass is 333 g/mol. The number of hydrogen-bond acceptors (Lipinski definition) is 3. The number of imidazole rings is 1. The second kappa shape index (κ2) is 6.09. The van der Waals surface area contributed by atoms with Gasteiger partial charge in [-0.3, -0.25) is 4.79 Å². The van der Waals surface area contributed by atoms with E-state index >= 15 is 0 Å². The number of aromatic hydroxyl groups is 1. The van der Waals surface area contributed by atoms with Gasteiger partial charge in [0.2, 0.25) is 0 Å². The summed E-state index contributed by atoms with van der Waals surface area (Å²) in [6.45, 7) is 2.71. The van der Waals surface area contributed by atoms with Gasteiger partial charge in [-0.25, -0.2) is 4.98 Å². The molecule has 5 heteroatoms. The van der Waals surface area contributed by atoms with Crippen LogP contribution in [0.1, 0.15) is 19.8 Å². The number of aromatic nitrogens is 3. The van der Waals surface area contributed by atoms with E-state index in [1.165, 1.54) is 0 Å². The lowest BCUT2D eigenvalue weighted by molar-refractivity contribution is 0.480. The minimum Gasteiger partial charge on any atom is -0.506 e. The maximum atomic E-state index is 13.1. The highest BCUT2D eigenvalue weighted by Crippen LogP contribution is 2.32. The largest absolute Gasteiger partial charge is 0.506 e. The molecule has 0 atom stereocenters. The molecule has 0 aliphatic rings. The van der Waals surface area contributed by atoms with Crippen LogP contribution in [0.25, 0.3) is 33.3 Å². The van der Waals surface area contributed by atoms with E-state index in [4.69, 9.17) is 0 Å². The molecular formula is C20H19N3O2. The number of nitrogens with one attached hydrogen (secondary N) is 1. The van der Waals surface area contributed by atoms with Gasteiger partial charge in [-0.15, -0.1) is 0 Å². The lowest BCUT2D eigenvalue weighted by atomic mass is 10.1. The Hall–Kier alpha value is -3.08. The van der Waals surface area contributed by atoms with Crippen molar-refractivity contribution in [2.24, 2.45) is 0 Å². The van der Waals surface area contributed by atoms with Crippen molar-refractivity contribution in [2.75, 3.05) is 0 Å². The first-order chi connectivity index (χ1) is 12.2. The molecule has 0 fully saturated rings. The number of para-hydroxylation sites is 3. The molecule has 2 N–H and O–H groups in total. The van der Waals surface area contributed by atoms with Crippen LogP contribution in [0.2, 0.25) is 0 Å². The van der Waals surface area contributed by atoms with Crippen molar-refractivity contribution in [2.45, 2.75) is 26.3 Å². The number of benzene rings is 2. The lowest BCUT2D eigenvalue weighted by Crippen LogP contribution is -2.23. The van der Waals surface area contributed by atoms with Crippen molar-refractivity contribution in [3.8, 4) is 17.1 Å². The van der Waals surface area contributed by atoms with Gasteiger partial charge in [-0.2, -0.15) is 0 Å². The number of hydrogen-bond donors (Lipinski definition) is 2. The number of nitrogens with zero attached hydrogens (tertiary/aromatic N) is 2. The van der Waals surface area contributed by atoms with Crippen LogP contribution in [-0.2, 0) is 6.54 Å². The van der Waals surface area contributed by atoms with Gasteiger partial charge in [0.15, 0.2) is 0 Å². The van der Waals surface area contributed by atoms with Crippen LogP contribution in [0, 0.1) is 0 Å². The first-order valence-corrected chi connectivity index (χ1v) is 8.50. The quantitative estimate of drug-likeness (QED) is 0.592. The number of rotatable bonds is 4. The Morgan fingerprint density at radius 1 is 1.12 bits per heavy atom. The molecule has 0 radical (unpaired) electrons. The molecule has 25 heavy (non-hydrogen) atoms. The summed E-state index contributed by atoms with van der Waals surface area (Å²) >= 11 is 0. The Morgan fingerprint density at radius 3 is 2.68 bits per heavy atom. The molecule has 0 unspecified atom stereocenters. The number of aryl methyl sites for hydroxylation is 1. The summed E-state index contributed by atoms with van der Waals surface area (Å²) in [5.41, 5.74) is 2.36. The minimum atomic E-state index is -0.219. The third-order valence-corrected chi connectivity index (χ3v) is 4.51. The van der Waals surface area contributed by atoms with Crippen molar-refractivity contribution in [3.63, 3.8) is 0 Å². The normalized spacial score (nSPS) is 11.4. The number of pyridine rings is 1. The summed E-state index contributed by atoms with van der Waals surface area (Å²) in [5.74, 6) is 0.382. The van der Waals surface area contributed by atoms with E-state index in [0.717, 1.165) is 29.4 Å². The average Bonchev–Trinajstić information content (AvgIpc) is 3.05. The van der Waals surface area contributed by atoms with Crippen molar-refractivity contribution in [1.82, 2.24) is 14.5 Å². The SMILES string of the molecule is CCCCn1c(=O)c(-c2nc3ccccc3[nH]2)c(O)c2ccccc21. The second-order valence-corrected chi connectivity index (χ2v) is 6.15. The highest BCUT2D eigenvalue weighted by atomic mass is 16.3. The van der Waals surface area contributed by atoms with Crippen molar-refractivity contribution < 1.29 is 5.11 Å². The Labute approximate surface area is 144 Å². The zero-order chi connectivity index (χ0) is 17.4. The van der Waals surface area contributed by atoms with Crippen LogP contribution in [0.5, 0.6) is 5.75 Å². The summed E-state index contributed by atoms with van der Waals surface area (Å²) in [6, 6.07) is 15.0. The van der Waals surface area contributed by atoms with E-state index in [1.54, 1.807) is 4.57 Å². The van der Waals surface area contributed by atoms with Crippen LogP contribution in [0.15, 0.2) is 53.3 Å². The molecule has 0 aliphatic carbocycles. The summed E-state index contributed by atoms with van der Waals surface area (Å²) in [7, 11) is 0. The molecule has 0 amide bonds. The van der Waals surface area contributed by atoms with Crippen molar-refractivity contribution >= 4 is 21.9 Å². The molecule has 0 saturated heterocycles. The highest BCUT2D eigenvalue weighted by molar-refractivity contribution is 5.92. The van der Waals surface area contributed by atoms with E-state index in [-0.39, 0.29) is 16.9 Å². The zero-order valence-corrected chi connectivity index (χ0v) is 14.0. The predicted octanol–water partition coefficient (Wildman–Crippen LogP) is 4.05. The molecule has 0 spiro atoms. The van der Waals surface area contributed by atoms with Gasteiger partial charge in [0.05, 0.1) is 16.6 Å². The lowest BCUT2D eigenvalue weighted by Gasteiger charge is -2.13. The number of H-pyrrole nitrogens is 1. The van der Waals surface area contributed by atoms with Crippen LogP contribution in [0.3, 0.4) is 0 Å². The second-order valence-electron chi connectivity index (χ2n) is 6.15. The molecule has 0 bridgehead atoms. The van der Waals surface area contributed by atoms with Crippen LogP contribution < -0.4 is 5.56 Å². The molecular weight excluding hydrogens is 314 g/mol. The van der Waals surface area contributed by atoms with Gasteiger partial charge in [-0.1, -0.05) is 37.6 Å². The fourth-order valence-electron chi connectivity index (χ4n) is 3.21. The average molecular weight is 333 g/mol. The van der Waals surface area contributed by atoms with Gasteiger partial charge in [0.1, 0.15) is 17.1 Å². The summed E-state index contributed by atoms with van der Waals surface area (Å²) in [6.07, 6.45) is 1.88. The number of aromatic amines is 1. The van der Waals surface area contributed by atoms with E-state index < -0.39 is 0 Å². The van der Waals surface area contributed by atoms with Gasteiger partial charge in [0.25, 0.3) is 5.56 Å². The summed E-state index contributed by atoms with van der Waals surface area (Å²) in [4.78, 5) is 20.8. The predicted molar refractivity (Wildman–Crippen MR) is 99.9 cm³/mol. The smallest absolute Gasteiger partial charge is 0.265 e. The Balaban J connectivity index is 2.04. The van der Waals surface area contributed by atoms with Gasteiger partial charge < -0.3 is 14.7 Å². The fraction of sp³-hybridized carbons (Fsp3) is 0.200. The van der Waals surface area contributed by atoms with E-state index in [9.17, 15) is 9.90 Å². The number of fused-ring (bicyclic) bond motifs is 2. The third-order valence-electron chi connectivity index (χ3n) is 4.51. The Morgan fingerprint density at radius 2 is 1.88 bits per heavy atom. The molecule has 2 aromatic heterocycles. The molecule has 4 rings (SSSR count). The molecule has 2 heterocycles.